The monoisotopic (exact) mass is 195 g/mol. The Balaban J connectivity index is 2.10. The van der Waals surface area contributed by atoms with E-state index in [1.54, 1.807) is 0 Å². The molecule has 78 valence electrons. The molecule has 0 aromatic carbocycles. The SMILES string of the molecule is NC1(C(=O)C2=CCCCO2)CCCC1. The molecule has 0 radical (unpaired) electrons. The molecule has 2 rings (SSSR count). The number of hydrogen-bond acceptors (Lipinski definition) is 3. The van der Waals surface area contributed by atoms with Crippen LogP contribution >= 0.6 is 0 Å². The first-order valence-electron chi connectivity index (χ1n) is 5.39. The summed E-state index contributed by atoms with van der Waals surface area (Å²) in [6.45, 7) is 0.660. The molecule has 0 aromatic rings. The highest BCUT2D eigenvalue weighted by Gasteiger charge is 2.39. The molecule has 0 amide bonds. The Bertz CT molecular complexity index is 264. The van der Waals surface area contributed by atoms with E-state index in [1.807, 2.05) is 6.08 Å². The minimum absolute atomic E-state index is 0.0229. The Morgan fingerprint density at radius 2 is 2.07 bits per heavy atom. The summed E-state index contributed by atoms with van der Waals surface area (Å²) >= 11 is 0. The molecule has 2 N–H and O–H groups in total. The molecule has 0 aromatic heterocycles. The number of nitrogens with two attached hydrogens (primary N) is 1. The van der Waals surface area contributed by atoms with Crippen LogP contribution < -0.4 is 5.73 Å². The van der Waals surface area contributed by atoms with E-state index < -0.39 is 5.54 Å². The minimum atomic E-state index is -0.622. The second-order valence-electron chi connectivity index (χ2n) is 4.25. The number of Topliss-reactive ketones (excluding diaryl/α,β-unsaturated/α-hetero) is 1. The number of ketones is 1. The Kier molecular flexibility index (Phi) is 2.59. The van der Waals surface area contributed by atoms with Crippen LogP contribution in [0.15, 0.2) is 11.8 Å². The molecule has 1 saturated carbocycles. The summed E-state index contributed by atoms with van der Waals surface area (Å²) in [7, 11) is 0. The van der Waals surface area contributed by atoms with Gasteiger partial charge in [-0.15, -0.1) is 0 Å². The van der Waals surface area contributed by atoms with Gasteiger partial charge in [0, 0.05) is 0 Å². The van der Waals surface area contributed by atoms with Crippen molar-refractivity contribution in [2.24, 2.45) is 5.73 Å². The zero-order chi connectivity index (χ0) is 10.0. The molecule has 2 aliphatic rings. The molecule has 0 bridgehead atoms. The number of carbonyl (C=O) groups excluding carboxylic acids is 1. The average molecular weight is 195 g/mol. The van der Waals surface area contributed by atoms with Crippen molar-refractivity contribution in [2.75, 3.05) is 6.61 Å². The van der Waals surface area contributed by atoms with Gasteiger partial charge in [-0.1, -0.05) is 12.8 Å². The van der Waals surface area contributed by atoms with Gasteiger partial charge in [0.2, 0.25) is 5.78 Å². The van der Waals surface area contributed by atoms with Crippen LogP contribution in [-0.4, -0.2) is 17.9 Å². The zero-order valence-corrected chi connectivity index (χ0v) is 8.42. The van der Waals surface area contributed by atoms with Crippen LogP contribution in [0.4, 0.5) is 0 Å². The van der Waals surface area contributed by atoms with Crippen LogP contribution in [0.2, 0.25) is 0 Å². The van der Waals surface area contributed by atoms with Gasteiger partial charge in [-0.25, -0.2) is 0 Å². The zero-order valence-electron chi connectivity index (χ0n) is 8.42. The fourth-order valence-corrected chi connectivity index (χ4v) is 2.19. The van der Waals surface area contributed by atoms with E-state index in [-0.39, 0.29) is 5.78 Å². The Morgan fingerprint density at radius 1 is 1.36 bits per heavy atom. The third-order valence-corrected chi connectivity index (χ3v) is 3.11. The Hall–Kier alpha value is -0.830. The van der Waals surface area contributed by atoms with Crippen LogP contribution in [-0.2, 0) is 9.53 Å². The quantitative estimate of drug-likeness (QED) is 0.726. The molecule has 14 heavy (non-hydrogen) atoms. The predicted molar refractivity (Wildman–Crippen MR) is 53.7 cm³/mol. The normalized spacial score (nSPS) is 25.4. The summed E-state index contributed by atoms with van der Waals surface area (Å²) in [5, 5.41) is 0. The van der Waals surface area contributed by atoms with Gasteiger partial charge in [0.05, 0.1) is 12.1 Å². The Morgan fingerprint density at radius 3 is 2.64 bits per heavy atom. The lowest BCUT2D eigenvalue weighted by atomic mass is 9.91. The minimum Gasteiger partial charge on any atom is -0.490 e. The fourth-order valence-electron chi connectivity index (χ4n) is 2.19. The largest absolute Gasteiger partial charge is 0.490 e. The lowest BCUT2D eigenvalue weighted by molar-refractivity contribution is -0.124. The molecule has 0 saturated heterocycles. The maximum absolute atomic E-state index is 12.0. The van der Waals surface area contributed by atoms with Crippen LogP contribution in [0.3, 0.4) is 0 Å². The van der Waals surface area contributed by atoms with Gasteiger partial charge in [0.15, 0.2) is 5.76 Å². The van der Waals surface area contributed by atoms with Crippen molar-refractivity contribution in [3.8, 4) is 0 Å². The first-order valence-corrected chi connectivity index (χ1v) is 5.39. The van der Waals surface area contributed by atoms with Crippen LogP contribution in [0, 0.1) is 0 Å². The van der Waals surface area contributed by atoms with E-state index in [2.05, 4.69) is 0 Å². The van der Waals surface area contributed by atoms with Crippen molar-refractivity contribution in [3.63, 3.8) is 0 Å². The lowest BCUT2D eigenvalue weighted by Crippen LogP contribution is -2.46. The molecular formula is C11H17NO2. The van der Waals surface area contributed by atoms with Gasteiger partial charge < -0.3 is 10.5 Å². The summed E-state index contributed by atoms with van der Waals surface area (Å²) in [5.41, 5.74) is 5.44. The summed E-state index contributed by atoms with van der Waals surface area (Å²) in [4.78, 5) is 12.0. The Labute approximate surface area is 84.3 Å². The summed E-state index contributed by atoms with van der Waals surface area (Å²) < 4.78 is 5.35. The molecule has 3 heteroatoms. The molecule has 1 heterocycles. The highest BCUT2D eigenvalue weighted by molar-refractivity contribution is 6.01. The van der Waals surface area contributed by atoms with E-state index in [0.717, 1.165) is 38.5 Å². The molecule has 3 nitrogen and oxygen atoms in total. The van der Waals surface area contributed by atoms with Crippen molar-refractivity contribution < 1.29 is 9.53 Å². The summed E-state index contributed by atoms with van der Waals surface area (Å²) in [6.07, 6.45) is 7.59. The molecule has 1 aliphatic heterocycles. The summed E-state index contributed by atoms with van der Waals surface area (Å²) in [5.74, 6) is 0.537. The van der Waals surface area contributed by atoms with Gasteiger partial charge in [0.1, 0.15) is 0 Å². The van der Waals surface area contributed by atoms with Crippen LogP contribution in [0.1, 0.15) is 38.5 Å². The maximum Gasteiger partial charge on any atom is 0.216 e. The van der Waals surface area contributed by atoms with E-state index in [9.17, 15) is 4.79 Å². The maximum atomic E-state index is 12.0. The van der Waals surface area contributed by atoms with E-state index in [0.29, 0.717) is 12.4 Å². The van der Waals surface area contributed by atoms with Crippen molar-refractivity contribution in [2.45, 2.75) is 44.1 Å². The molecule has 0 spiro atoms. The smallest absolute Gasteiger partial charge is 0.216 e. The number of allylic oxidation sites excluding steroid dienone is 1. The molecule has 1 fully saturated rings. The molecule has 1 aliphatic carbocycles. The van der Waals surface area contributed by atoms with E-state index >= 15 is 0 Å². The number of hydrogen-bond donors (Lipinski definition) is 1. The van der Waals surface area contributed by atoms with E-state index in [4.69, 9.17) is 10.5 Å². The van der Waals surface area contributed by atoms with Crippen LogP contribution in [0.25, 0.3) is 0 Å². The third-order valence-electron chi connectivity index (χ3n) is 3.11. The topological polar surface area (TPSA) is 52.3 Å². The first kappa shape index (κ1) is 9.71. The van der Waals surface area contributed by atoms with Gasteiger partial charge in [-0.2, -0.15) is 0 Å². The first-order chi connectivity index (χ1) is 6.72. The number of rotatable bonds is 2. The van der Waals surface area contributed by atoms with Gasteiger partial charge in [-0.3, -0.25) is 4.79 Å². The van der Waals surface area contributed by atoms with Crippen molar-refractivity contribution in [1.29, 1.82) is 0 Å². The highest BCUT2D eigenvalue weighted by atomic mass is 16.5. The van der Waals surface area contributed by atoms with E-state index in [1.165, 1.54) is 0 Å². The lowest BCUT2D eigenvalue weighted by Gasteiger charge is -2.24. The predicted octanol–water partition coefficient (Wildman–Crippen LogP) is 1.52. The van der Waals surface area contributed by atoms with Crippen molar-refractivity contribution in [3.05, 3.63) is 11.8 Å². The second-order valence-corrected chi connectivity index (χ2v) is 4.25. The third kappa shape index (κ3) is 1.69. The fraction of sp³-hybridized carbons (Fsp3) is 0.727. The number of carbonyl (C=O) groups is 1. The molecular weight excluding hydrogens is 178 g/mol. The second kappa shape index (κ2) is 3.73. The number of ether oxygens (including phenoxy) is 1. The van der Waals surface area contributed by atoms with Crippen molar-refractivity contribution in [1.82, 2.24) is 0 Å². The average Bonchev–Trinajstić information content (AvgIpc) is 2.67. The molecule has 0 atom stereocenters. The highest BCUT2D eigenvalue weighted by Crippen LogP contribution is 2.31. The van der Waals surface area contributed by atoms with Gasteiger partial charge in [0.25, 0.3) is 0 Å². The van der Waals surface area contributed by atoms with Gasteiger partial charge >= 0.3 is 0 Å². The molecule has 0 unspecified atom stereocenters. The van der Waals surface area contributed by atoms with Crippen molar-refractivity contribution >= 4 is 5.78 Å². The van der Waals surface area contributed by atoms with Crippen LogP contribution in [0.5, 0.6) is 0 Å². The van der Waals surface area contributed by atoms with Gasteiger partial charge in [-0.05, 0) is 31.8 Å². The standard InChI is InChI=1S/C11H17NO2/c12-11(6-2-3-7-11)10(13)9-5-1-4-8-14-9/h5H,1-4,6-8,12H2. The summed E-state index contributed by atoms with van der Waals surface area (Å²) in [6, 6.07) is 0.